The smallest absolute Gasteiger partial charge is 0.254 e. The monoisotopic (exact) mass is 262 g/mol. The summed E-state index contributed by atoms with van der Waals surface area (Å²) in [5, 5.41) is 9.16. The van der Waals surface area contributed by atoms with Gasteiger partial charge in [-0.15, -0.1) is 0 Å². The lowest BCUT2D eigenvalue weighted by molar-refractivity contribution is 0.0949. The van der Waals surface area contributed by atoms with Gasteiger partial charge in [0.05, 0.1) is 5.56 Å². The molecular formula is C13H15FN4O. The van der Waals surface area contributed by atoms with Crippen molar-refractivity contribution in [3.8, 4) is 0 Å². The maximum atomic E-state index is 13.7. The summed E-state index contributed by atoms with van der Waals surface area (Å²) in [6, 6.07) is 4.78. The van der Waals surface area contributed by atoms with Crippen LogP contribution in [0.1, 0.15) is 28.2 Å². The van der Waals surface area contributed by atoms with Crippen LogP contribution in [-0.2, 0) is 6.42 Å². The van der Waals surface area contributed by atoms with Gasteiger partial charge in [-0.2, -0.15) is 5.10 Å². The van der Waals surface area contributed by atoms with Gasteiger partial charge in [0.2, 0.25) is 0 Å². The van der Waals surface area contributed by atoms with Gasteiger partial charge in [-0.3, -0.25) is 9.89 Å². The van der Waals surface area contributed by atoms with Crippen LogP contribution in [0.2, 0.25) is 0 Å². The Morgan fingerprint density at radius 1 is 1.47 bits per heavy atom. The Morgan fingerprint density at radius 2 is 2.32 bits per heavy atom. The van der Waals surface area contributed by atoms with Crippen LogP contribution in [0.5, 0.6) is 0 Å². The SMILES string of the molecule is Cc1cccc(C(=O)NCCCc2ncn[nH]2)c1F. The molecule has 0 bridgehead atoms. The van der Waals surface area contributed by atoms with E-state index < -0.39 is 11.7 Å². The minimum Gasteiger partial charge on any atom is -0.352 e. The Bertz CT molecular complexity index is 554. The molecule has 100 valence electrons. The molecule has 0 unspecified atom stereocenters. The van der Waals surface area contributed by atoms with Gasteiger partial charge < -0.3 is 5.32 Å². The van der Waals surface area contributed by atoms with E-state index in [1.165, 1.54) is 12.4 Å². The molecule has 0 radical (unpaired) electrons. The summed E-state index contributed by atoms with van der Waals surface area (Å²) < 4.78 is 13.7. The molecule has 6 heteroatoms. The number of H-pyrrole nitrogens is 1. The summed E-state index contributed by atoms with van der Waals surface area (Å²) in [5.74, 6) is -0.0787. The highest BCUT2D eigenvalue weighted by Gasteiger charge is 2.12. The molecule has 0 atom stereocenters. The van der Waals surface area contributed by atoms with E-state index in [4.69, 9.17) is 0 Å². The summed E-state index contributed by atoms with van der Waals surface area (Å²) >= 11 is 0. The maximum Gasteiger partial charge on any atom is 0.254 e. The fourth-order valence-electron chi connectivity index (χ4n) is 1.73. The van der Waals surface area contributed by atoms with E-state index in [0.717, 1.165) is 5.82 Å². The number of aromatic nitrogens is 3. The van der Waals surface area contributed by atoms with E-state index in [-0.39, 0.29) is 5.56 Å². The van der Waals surface area contributed by atoms with Crippen molar-refractivity contribution >= 4 is 5.91 Å². The number of amides is 1. The van der Waals surface area contributed by atoms with Gasteiger partial charge in [0.25, 0.3) is 5.91 Å². The molecule has 0 saturated heterocycles. The van der Waals surface area contributed by atoms with Crippen molar-refractivity contribution in [2.45, 2.75) is 19.8 Å². The average Bonchev–Trinajstić information content (AvgIpc) is 2.91. The lowest BCUT2D eigenvalue weighted by Crippen LogP contribution is -2.26. The molecule has 0 spiro atoms. The van der Waals surface area contributed by atoms with E-state index >= 15 is 0 Å². The highest BCUT2D eigenvalue weighted by Crippen LogP contribution is 2.11. The second-order valence-electron chi connectivity index (χ2n) is 4.23. The summed E-state index contributed by atoms with van der Waals surface area (Å²) in [7, 11) is 0. The summed E-state index contributed by atoms with van der Waals surface area (Å²) in [4.78, 5) is 15.8. The summed E-state index contributed by atoms with van der Waals surface area (Å²) in [5.41, 5.74) is 0.550. The average molecular weight is 262 g/mol. The molecule has 19 heavy (non-hydrogen) atoms. The molecule has 0 aliphatic rings. The second-order valence-corrected chi connectivity index (χ2v) is 4.23. The van der Waals surface area contributed by atoms with E-state index in [2.05, 4.69) is 20.5 Å². The normalized spacial score (nSPS) is 10.4. The number of hydrogen-bond donors (Lipinski definition) is 2. The number of aromatic amines is 1. The van der Waals surface area contributed by atoms with Crippen LogP contribution in [0.4, 0.5) is 4.39 Å². The van der Waals surface area contributed by atoms with Crippen molar-refractivity contribution in [2.24, 2.45) is 0 Å². The van der Waals surface area contributed by atoms with E-state index in [0.29, 0.717) is 24.9 Å². The van der Waals surface area contributed by atoms with Crippen molar-refractivity contribution < 1.29 is 9.18 Å². The Morgan fingerprint density at radius 3 is 3.05 bits per heavy atom. The number of nitrogens with zero attached hydrogens (tertiary/aromatic N) is 2. The molecule has 1 aromatic heterocycles. The molecule has 1 heterocycles. The van der Waals surface area contributed by atoms with Crippen LogP contribution in [0.3, 0.4) is 0 Å². The fourth-order valence-corrected chi connectivity index (χ4v) is 1.73. The summed E-state index contributed by atoms with van der Waals surface area (Å²) in [6.07, 6.45) is 2.85. The van der Waals surface area contributed by atoms with Gasteiger partial charge in [0.1, 0.15) is 18.0 Å². The standard InChI is InChI=1S/C13H15FN4O/c1-9-4-2-5-10(12(9)14)13(19)15-7-3-6-11-16-8-17-18-11/h2,4-5,8H,3,6-7H2,1H3,(H,15,19)(H,16,17,18). The van der Waals surface area contributed by atoms with Gasteiger partial charge in [0.15, 0.2) is 0 Å². The van der Waals surface area contributed by atoms with Crippen molar-refractivity contribution in [3.63, 3.8) is 0 Å². The molecule has 2 N–H and O–H groups in total. The quantitative estimate of drug-likeness (QED) is 0.804. The predicted molar refractivity (Wildman–Crippen MR) is 68.2 cm³/mol. The first-order chi connectivity index (χ1) is 9.18. The lowest BCUT2D eigenvalue weighted by atomic mass is 10.1. The molecule has 0 aliphatic carbocycles. The lowest BCUT2D eigenvalue weighted by Gasteiger charge is -2.06. The van der Waals surface area contributed by atoms with Crippen molar-refractivity contribution in [3.05, 3.63) is 47.3 Å². The van der Waals surface area contributed by atoms with Crippen molar-refractivity contribution in [2.75, 3.05) is 6.54 Å². The van der Waals surface area contributed by atoms with Gasteiger partial charge in [0, 0.05) is 13.0 Å². The van der Waals surface area contributed by atoms with Crippen LogP contribution in [0, 0.1) is 12.7 Å². The third-order valence-corrected chi connectivity index (χ3v) is 2.78. The third-order valence-electron chi connectivity index (χ3n) is 2.78. The zero-order chi connectivity index (χ0) is 13.7. The van der Waals surface area contributed by atoms with Crippen molar-refractivity contribution in [1.29, 1.82) is 0 Å². The van der Waals surface area contributed by atoms with Crippen LogP contribution in [0.25, 0.3) is 0 Å². The van der Waals surface area contributed by atoms with E-state index in [1.807, 2.05) is 0 Å². The molecular weight excluding hydrogens is 247 g/mol. The zero-order valence-electron chi connectivity index (χ0n) is 10.6. The largest absolute Gasteiger partial charge is 0.352 e. The van der Waals surface area contributed by atoms with Crippen LogP contribution in [0.15, 0.2) is 24.5 Å². The van der Waals surface area contributed by atoms with Crippen LogP contribution >= 0.6 is 0 Å². The first-order valence-electron chi connectivity index (χ1n) is 6.06. The van der Waals surface area contributed by atoms with Gasteiger partial charge in [-0.05, 0) is 25.0 Å². The van der Waals surface area contributed by atoms with Crippen LogP contribution < -0.4 is 5.32 Å². The number of carbonyl (C=O) groups is 1. The number of nitrogens with one attached hydrogen (secondary N) is 2. The molecule has 0 fully saturated rings. The Hall–Kier alpha value is -2.24. The highest BCUT2D eigenvalue weighted by molar-refractivity contribution is 5.94. The number of benzene rings is 1. The highest BCUT2D eigenvalue weighted by atomic mass is 19.1. The van der Waals surface area contributed by atoms with Crippen LogP contribution in [-0.4, -0.2) is 27.6 Å². The Balaban J connectivity index is 1.83. The molecule has 0 aliphatic heterocycles. The summed E-state index contributed by atoms with van der Waals surface area (Å²) in [6.45, 7) is 2.10. The van der Waals surface area contributed by atoms with Gasteiger partial charge in [-0.25, -0.2) is 9.37 Å². The molecule has 1 amide bonds. The maximum absolute atomic E-state index is 13.7. The number of hydrogen-bond acceptors (Lipinski definition) is 3. The van der Waals surface area contributed by atoms with E-state index in [9.17, 15) is 9.18 Å². The minimum atomic E-state index is -0.463. The molecule has 2 rings (SSSR count). The topological polar surface area (TPSA) is 70.7 Å². The zero-order valence-corrected chi connectivity index (χ0v) is 10.6. The third kappa shape index (κ3) is 3.37. The number of aryl methyl sites for hydroxylation is 2. The van der Waals surface area contributed by atoms with E-state index in [1.54, 1.807) is 19.1 Å². The van der Waals surface area contributed by atoms with Gasteiger partial charge in [-0.1, -0.05) is 12.1 Å². The molecule has 1 aromatic carbocycles. The fraction of sp³-hybridized carbons (Fsp3) is 0.308. The Labute approximate surface area is 110 Å². The second kappa shape index (κ2) is 6.08. The number of rotatable bonds is 5. The predicted octanol–water partition coefficient (Wildman–Crippen LogP) is 1.61. The first kappa shape index (κ1) is 13.2. The number of carbonyl (C=O) groups excluding carboxylic acids is 1. The molecule has 5 nitrogen and oxygen atoms in total. The molecule has 2 aromatic rings. The molecule has 0 saturated carbocycles. The van der Waals surface area contributed by atoms with Gasteiger partial charge >= 0.3 is 0 Å². The first-order valence-corrected chi connectivity index (χ1v) is 6.06. The minimum absolute atomic E-state index is 0.0830. The number of halogens is 1. The van der Waals surface area contributed by atoms with Crippen molar-refractivity contribution in [1.82, 2.24) is 20.5 Å². The Kier molecular flexibility index (Phi) is 4.22.